The molecule has 18 heavy (non-hydrogen) atoms. The van der Waals surface area contributed by atoms with Crippen LogP contribution in [0.15, 0.2) is 18.2 Å². The van der Waals surface area contributed by atoms with Crippen molar-refractivity contribution in [2.24, 2.45) is 0 Å². The molecule has 0 saturated heterocycles. The van der Waals surface area contributed by atoms with E-state index in [0.29, 0.717) is 13.4 Å². The molecule has 0 aliphatic carbocycles. The smallest absolute Gasteiger partial charge is 0.231 e. The molecule has 1 aliphatic rings. The van der Waals surface area contributed by atoms with E-state index in [0.717, 1.165) is 17.1 Å². The third-order valence-electron chi connectivity index (χ3n) is 2.83. The van der Waals surface area contributed by atoms with Gasteiger partial charge in [-0.05, 0) is 45.5 Å². The first-order valence-corrected chi connectivity index (χ1v) is 6.20. The van der Waals surface area contributed by atoms with E-state index in [9.17, 15) is 0 Å². The molecule has 0 bridgehead atoms. The fourth-order valence-electron chi connectivity index (χ4n) is 1.81. The van der Waals surface area contributed by atoms with Crippen LogP contribution >= 0.6 is 0 Å². The van der Waals surface area contributed by atoms with E-state index in [4.69, 9.17) is 14.2 Å². The van der Waals surface area contributed by atoms with E-state index in [2.05, 4.69) is 26.1 Å². The van der Waals surface area contributed by atoms with Crippen LogP contribution in [0.2, 0.25) is 0 Å². The van der Waals surface area contributed by atoms with Gasteiger partial charge in [0.25, 0.3) is 0 Å². The minimum absolute atomic E-state index is 0.133. The predicted octanol–water partition coefficient (Wildman–Crippen LogP) is 2.49. The summed E-state index contributed by atoms with van der Waals surface area (Å²) >= 11 is 0. The van der Waals surface area contributed by atoms with Crippen LogP contribution in [0.5, 0.6) is 11.5 Å². The van der Waals surface area contributed by atoms with Gasteiger partial charge in [-0.25, -0.2) is 0 Å². The maximum absolute atomic E-state index is 5.82. The molecular weight excluding hydrogens is 230 g/mol. The molecule has 0 fully saturated rings. The summed E-state index contributed by atoms with van der Waals surface area (Å²) in [6, 6.07) is 6.15. The lowest BCUT2D eigenvalue weighted by Gasteiger charge is -2.24. The van der Waals surface area contributed by atoms with Crippen molar-refractivity contribution >= 4 is 0 Å². The van der Waals surface area contributed by atoms with Crippen LogP contribution in [0.4, 0.5) is 0 Å². The summed E-state index contributed by atoms with van der Waals surface area (Å²) in [6.45, 7) is 7.10. The van der Waals surface area contributed by atoms with Gasteiger partial charge >= 0.3 is 0 Å². The summed E-state index contributed by atoms with van der Waals surface area (Å²) in [4.78, 5) is 0. The number of fused-ring (bicyclic) bond motifs is 1. The quantitative estimate of drug-likeness (QED) is 0.892. The van der Waals surface area contributed by atoms with Crippen LogP contribution in [0.25, 0.3) is 0 Å². The van der Waals surface area contributed by atoms with Crippen molar-refractivity contribution in [2.45, 2.75) is 32.4 Å². The second-order valence-corrected chi connectivity index (χ2v) is 5.38. The van der Waals surface area contributed by atoms with Gasteiger partial charge in [-0.2, -0.15) is 0 Å². The molecule has 4 heteroatoms. The third-order valence-corrected chi connectivity index (χ3v) is 2.83. The molecule has 0 amide bonds. The number of rotatable bonds is 4. The van der Waals surface area contributed by atoms with Gasteiger partial charge in [-0.1, -0.05) is 6.07 Å². The average Bonchev–Trinajstić information content (AvgIpc) is 2.75. The molecule has 1 N–H and O–H groups in total. The lowest BCUT2D eigenvalue weighted by atomic mass is 10.1. The molecule has 4 nitrogen and oxygen atoms in total. The molecule has 1 atom stereocenters. The van der Waals surface area contributed by atoms with Crippen molar-refractivity contribution in [1.29, 1.82) is 0 Å². The summed E-state index contributed by atoms with van der Waals surface area (Å²) in [5, 5.41) is 3.26. The van der Waals surface area contributed by atoms with Gasteiger partial charge in [-0.3, -0.25) is 0 Å². The van der Waals surface area contributed by atoms with E-state index >= 15 is 0 Å². The molecule has 1 aliphatic heterocycles. The van der Waals surface area contributed by atoms with Crippen LogP contribution in [0.1, 0.15) is 32.4 Å². The van der Waals surface area contributed by atoms with Crippen LogP contribution in [-0.2, 0) is 4.74 Å². The number of hydrogen-bond acceptors (Lipinski definition) is 4. The highest BCUT2D eigenvalue weighted by molar-refractivity contribution is 5.45. The van der Waals surface area contributed by atoms with Gasteiger partial charge in [0.1, 0.15) is 0 Å². The molecule has 0 spiro atoms. The molecule has 1 aromatic carbocycles. The number of ether oxygens (including phenoxy) is 3. The fraction of sp³-hybridized carbons (Fsp3) is 0.571. The van der Waals surface area contributed by atoms with Crippen LogP contribution in [0, 0.1) is 0 Å². The van der Waals surface area contributed by atoms with Crippen LogP contribution in [0.3, 0.4) is 0 Å². The van der Waals surface area contributed by atoms with E-state index in [1.807, 2.05) is 25.2 Å². The van der Waals surface area contributed by atoms with Crippen molar-refractivity contribution in [3.63, 3.8) is 0 Å². The summed E-state index contributed by atoms with van der Waals surface area (Å²) in [6.07, 6.45) is 0. The average molecular weight is 251 g/mol. The number of likely N-dealkylation sites (N-methyl/N-ethyl adjacent to an activating group) is 1. The van der Waals surface area contributed by atoms with E-state index < -0.39 is 0 Å². The van der Waals surface area contributed by atoms with E-state index in [-0.39, 0.29) is 11.6 Å². The molecule has 100 valence electrons. The Morgan fingerprint density at radius 3 is 2.67 bits per heavy atom. The zero-order valence-electron chi connectivity index (χ0n) is 11.4. The molecule has 0 radical (unpaired) electrons. The lowest BCUT2D eigenvalue weighted by molar-refractivity contribution is -0.0139. The Hall–Kier alpha value is -1.26. The molecule has 1 heterocycles. The second-order valence-electron chi connectivity index (χ2n) is 5.38. The monoisotopic (exact) mass is 251 g/mol. The highest BCUT2D eigenvalue weighted by Crippen LogP contribution is 2.34. The zero-order valence-corrected chi connectivity index (χ0v) is 11.4. The topological polar surface area (TPSA) is 39.7 Å². The van der Waals surface area contributed by atoms with E-state index in [1.165, 1.54) is 0 Å². The molecule has 1 unspecified atom stereocenters. The lowest BCUT2D eigenvalue weighted by Crippen LogP contribution is -2.28. The summed E-state index contributed by atoms with van der Waals surface area (Å²) in [5.74, 6) is 1.62. The summed E-state index contributed by atoms with van der Waals surface area (Å²) in [5.41, 5.74) is 1.01. The Morgan fingerprint density at radius 2 is 2.00 bits per heavy atom. The highest BCUT2D eigenvalue weighted by Gasteiger charge is 2.19. The number of nitrogens with one attached hydrogen (secondary N) is 1. The molecule has 1 aromatic rings. The first kappa shape index (κ1) is 13.2. The van der Waals surface area contributed by atoms with Gasteiger partial charge in [-0.15, -0.1) is 0 Å². The Labute approximate surface area is 108 Å². The Balaban J connectivity index is 2.08. The SMILES string of the molecule is CNC(COC(C)(C)C)c1ccc2c(c1)OCO2. The summed E-state index contributed by atoms with van der Waals surface area (Å²) in [7, 11) is 1.93. The van der Waals surface area contributed by atoms with Crippen LogP contribution in [-0.4, -0.2) is 26.0 Å². The second kappa shape index (κ2) is 5.16. The Morgan fingerprint density at radius 1 is 1.28 bits per heavy atom. The van der Waals surface area contributed by atoms with Gasteiger partial charge in [0.15, 0.2) is 11.5 Å². The van der Waals surface area contributed by atoms with Crippen molar-refractivity contribution in [1.82, 2.24) is 5.32 Å². The molecule has 0 aromatic heterocycles. The van der Waals surface area contributed by atoms with Gasteiger partial charge in [0, 0.05) is 0 Å². The first-order chi connectivity index (χ1) is 8.49. The number of hydrogen-bond donors (Lipinski definition) is 1. The molecule has 2 rings (SSSR count). The minimum Gasteiger partial charge on any atom is -0.454 e. The highest BCUT2D eigenvalue weighted by atomic mass is 16.7. The number of benzene rings is 1. The Kier molecular flexibility index (Phi) is 3.78. The van der Waals surface area contributed by atoms with Crippen LogP contribution < -0.4 is 14.8 Å². The first-order valence-electron chi connectivity index (χ1n) is 6.20. The predicted molar refractivity (Wildman–Crippen MR) is 70.1 cm³/mol. The van der Waals surface area contributed by atoms with Crippen molar-refractivity contribution < 1.29 is 14.2 Å². The van der Waals surface area contributed by atoms with E-state index in [1.54, 1.807) is 0 Å². The zero-order chi connectivity index (χ0) is 13.2. The third kappa shape index (κ3) is 3.15. The van der Waals surface area contributed by atoms with Crippen molar-refractivity contribution in [2.75, 3.05) is 20.4 Å². The van der Waals surface area contributed by atoms with Gasteiger partial charge in [0.2, 0.25) is 6.79 Å². The minimum atomic E-state index is -0.133. The molecule has 0 saturated carbocycles. The molecular formula is C14H21NO3. The normalized spacial score (nSPS) is 15.8. The maximum Gasteiger partial charge on any atom is 0.231 e. The standard InChI is InChI=1S/C14H21NO3/c1-14(2,3)18-8-11(15-4)10-5-6-12-13(7-10)17-9-16-12/h5-7,11,15H,8-9H2,1-4H3. The van der Waals surface area contributed by atoms with Crippen molar-refractivity contribution in [3.05, 3.63) is 23.8 Å². The van der Waals surface area contributed by atoms with Gasteiger partial charge < -0.3 is 19.5 Å². The largest absolute Gasteiger partial charge is 0.454 e. The van der Waals surface area contributed by atoms with Crippen molar-refractivity contribution in [3.8, 4) is 11.5 Å². The maximum atomic E-state index is 5.82. The Bertz CT molecular complexity index is 412. The van der Waals surface area contributed by atoms with Gasteiger partial charge in [0.05, 0.1) is 18.2 Å². The summed E-state index contributed by atoms with van der Waals surface area (Å²) < 4.78 is 16.5. The fourth-order valence-corrected chi connectivity index (χ4v) is 1.81.